The van der Waals surface area contributed by atoms with Gasteiger partial charge in [-0.1, -0.05) is 12.1 Å². The van der Waals surface area contributed by atoms with E-state index in [0.29, 0.717) is 0 Å². The molecule has 2 aliphatic rings. The highest BCUT2D eigenvalue weighted by atomic mass is 35.5. The Kier molecular flexibility index (Phi) is 7.89. The third-order valence-electron chi connectivity index (χ3n) is 7.34. The minimum absolute atomic E-state index is 0.0142. The summed E-state index contributed by atoms with van der Waals surface area (Å²) in [5, 5.41) is 11.2. The van der Waals surface area contributed by atoms with Crippen molar-refractivity contribution < 1.29 is 55.9 Å². The molecule has 1 aliphatic carbocycles. The number of esters is 2. The summed E-state index contributed by atoms with van der Waals surface area (Å²) in [5.74, 6) is -3.10. The van der Waals surface area contributed by atoms with Crippen LogP contribution in [-0.2, 0) is 40.7 Å². The molecular weight excluding hydrogens is 622 g/mol. The average Bonchev–Trinajstić information content (AvgIpc) is 3.19. The van der Waals surface area contributed by atoms with E-state index in [1.54, 1.807) is 0 Å². The number of carbonyl (C=O) groups excluding carboxylic acids is 2. The summed E-state index contributed by atoms with van der Waals surface area (Å²) in [6, 6.07) is 4.25. The Morgan fingerprint density at radius 2 is 1.75 bits per heavy atom. The fourth-order valence-corrected chi connectivity index (χ4v) is 5.42. The van der Waals surface area contributed by atoms with Crippen molar-refractivity contribution in [2.75, 3.05) is 18.9 Å². The highest BCUT2D eigenvalue weighted by molar-refractivity contribution is 6.28. The molecule has 13 nitrogen and oxygen atoms in total. The number of nitrogen functional groups attached to an aromatic ring is 1. The number of aliphatic hydroxyl groups is 1. The summed E-state index contributed by atoms with van der Waals surface area (Å²) in [6.07, 6.45) is -9.65. The van der Waals surface area contributed by atoms with Gasteiger partial charge in [0.05, 0.1) is 19.5 Å². The standard InChI is InChI=1S/C26H26ClF4N5O8/c1-4-40-20(37)24(21(38)41-5-2,10-12-6-8-13(9-7-12)42-26(29,30)31)44-16-15-25(16,39)19(28)23(3,43-15)36-11-33-14-17(32)34-22(27)35-18(14)36/h6-9,11,15-16,19,39H,4-5,10H2,1-3H3,(H2,32,34,35)/t15-,16?,19-,23-,25+/m1/s1. The molecule has 3 aromatic rings. The molecule has 1 saturated heterocycles. The van der Waals surface area contributed by atoms with E-state index in [9.17, 15) is 27.9 Å². The zero-order valence-electron chi connectivity index (χ0n) is 23.3. The summed E-state index contributed by atoms with van der Waals surface area (Å²) in [4.78, 5) is 38.6. The summed E-state index contributed by atoms with van der Waals surface area (Å²) >= 11 is 5.92. The lowest BCUT2D eigenvalue weighted by molar-refractivity contribution is -0.274. The lowest BCUT2D eigenvalue weighted by Crippen LogP contribution is -2.56. The Bertz CT molecular complexity index is 1570. The number of hydrogen-bond acceptors (Lipinski definition) is 12. The van der Waals surface area contributed by atoms with Crippen LogP contribution in [0.1, 0.15) is 26.3 Å². The van der Waals surface area contributed by atoms with Gasteiger partial charge in [0.15, 0.2) is 29.0 Å². The first-order chi connectivity index (χ1) is 20.6. The molecule has 1 aliphatic heterocycles. The number of halogens is 5. The van der Waals surface area contributed by atoms with Gasteiger partial charge < -0.3 is 34.5 Å². The molecule has 1 saturated carbocycles. The van der Waals surface area contributed by atoms with Gasteiger partial charge in [0.25, 0.3) is 5.60 Å². The highest BCUT2D eigenvalue weighted by Gasteiger charge is 2.83. The minimum Gasteiger partial charge on any atom is -0.463 e. The molecule has 5 rings (SSSR count). The second-order valence-corrected chi connectivity index (χ2v) is 10.5. The zero-order valence-corrected chi connectivity index (χ0v) is 24.1. The van der Waals surface area contributed by atoms with Crippen LogP contribution >= 0.6 is 11.6 Å². The number of benzene rings is 1. The van der Waals surface area contributed by atoms with Crippen molar-refractivity contribution in [1.82, 2.24) is 19.5 Å². The first-order valence-corrected chi connectivity index (χ1v) is 13.6. The smallest absolute Gasteiger partial charge is 0.463 e. The monoisotopic (exact) mass is 647 g/mol. The van der Waals surface area contributed by atoms with Gasteiger partial charge in [-0.3, -0.25) is 4.57 Å². The molecule has 44 heavy (non-hydrogen) atoms. The predicted molar refractivity (Wildman–Crippen MR) is 141 cm³/mol. The molecule has 0 radical (unpaired) electrons. The maximum absolute atomic E-state index is 16.3. The van der Waals surface area contributed by atoms with E-state index in [0.717, 1.165) is 24.3 Å². The Morgan fingerprint density at radius 1 is 1.14 bits per heavy atom. The van der Waals surface area contributed by atoms with Gasteiger partial charge in [0.2, 0.25) is 5.28 Å². The van der Waals surface area contributed by atoms with E-state index in [4.69, 9.17) is 36.3 Å². The number of rotatable bonds is 10. The topological polar surface area (TPSA) is 170 Å². The molecule has 0 spiro atoms. The Hall–Kier alpha value is -3.80. The third-order valence-corrected chi connectivity index (χ3v) is 7.51. The maximum atomic E-state index is 16.3. The molecule has 5 atom stereocenters. The van der Waals surface area contributed by atoms with Gasteiger partial charge in [-0.25, -0.2) is 19.0 Å². The van der Waals surface area contributed by atoms with Crippen LogP contribution in [0.2, 0.25) is 5.28 Å². The van der Waals surface area contributed by atoms with E-state index < -0.39 is 65.8 Å². The van der Waals surface area contributed by atoms with E-state index in [-0.39, 0.29) is 41.0 Å². The Labute approximate surface area is 251 Å². The maximum Gasteiger partial charge on any atom is 0.573 e. The van der Waals surface area contributed by atoms with Crippen LogP contribution in [0.25, 0.3) is 11.2 Å². The first kappa shape index (κ1) is 31.6. The van der Waals surface area contributed by atoms with Crippen molar-refractivity contribution in [3.63, 3.8) is 0 Å². The van der Waals surface area contributed by atoms with Crippen molar-refractivity contribution in [1.29, 1.82) is 0 Å². The largest absolute Gasteiger partial charge is 0.573 e. The number of anilines is 1. The summed E-state index contributed by atoms with van der Waals surface area (Å²) in [5.41, 5.74) is -0.842. The van der Waals surface area contributed by atoms with Crippen molar-refractivity contribution in [2.45, 2.75) is 68.9 Å². The quantitative estimate of drug-likeness (QED) is 0.143. The van der Waals surface area contributed by atoms with Crippen LogP contribution in [-0.4, -0.2) is 85.7 Å². The summed E-state index contributed by atoms with van der Waals surface area (Å²) in [6.45, 7) is 3.81. The number of fused-ring (bicyclic) bond motifs is 2. The van der Waals surface area contributed by atoms with Crippen molar-refractivity contribution in [3.05, 3.63) is 41.4 Å². The number of aromatic nitrogens is 4. The predicted octanol–water partition coefficient (Wildman–Crippen LogP) is 2.61. The minimum atomic E-state index is -4.95. The fraction of sp³-hybridized carbons (Fsp3) is 0.500. The molecule has 3 N–H and O–H groups in total. The van der Waals surface area contributed by atoms with Crippen LogP contribution in [0.5, 0.6) is 5.75 Å². The molecule has 0 amide bonds. The number of nitrogens with zero attached hydrogens (tertiary/aromatic N) is 4. The molecule has 1 unspecified atom stereocenters. The van der Waals surface area contributed by atoms with E-state index in [2.05, 4.69) is 19.7 Å². The second kappa shape index (κ2) is 11.0. The van der Waals surface area contributed by atoms with E-state index in [1.165, 1.54) is 31.7 Å². The van der Waals surface area contributed by atoms with E-state index >= 15 is 4.39 Å². The normalized spacial score (nSPS) is 26.3. The third kappa shape index (κ3) is 5.16. The van der Waals surface area contributed by atoms with Gasteiger partial charge in [0.1, 0.15) is 23.5 Å². The van der Waals surface area contributed by atoms with Crippen LogP contribution in [0.3, 0.4) is 0 Å². The SMILES string of the molecule is CCOC(=O)C(Cc1ccc(OC(F)(F)F)cc1)(OC1[C@H]2O[C@@](C)(n3cnc4c(N)nc(Cl)nc43)[C@@H](F)[C@@]12O)C(=O)OCC. The van der Waals surface area contributed by atoms with E-state index in [1.807, 2.05) is 0 Å². The highest BCUT2D eigenvalue weighted by Crippen LogP contribution is 2.60. The molecule has 3 heterocycles. The second-order valence-electron chi connectivity index (χ2n) is 10.2. The van der Waals surface area contributed by atoms with Gasteiger partial charge in [-0.2, -0.15) is 9.97 Å². The molecule has 238 valence electrons. The molecule has 2 aromatic heterocycles. The Balaban J connectivity index is 1.47. The molecule has 2 fully saturated rings. The Morgan fingerprint density at radius 3 is 2.27 bits per heavy atom. The molecule has 0 bridgehead atoms. The number of carbonyl (C=O) groups is 2. The number of ether oxygens (including phenoxy) is 5. The number of nitrogens with two attached hydrogens (primary N) is 1. The van der Waals surface area contributed by atoms with Crippen molar-refractivity contribution >= 4 is 40.5 Å². The zero-order chi connectivity index (χ0) is 32.2. The number of alkyl halides is 4. The van der Waals surface area contributed by atoms with Gasteiger partial charge in [-0.05, 0) is 50.1 Å². The van der Waals surface area contributed by atoms with Crippen LogP contribution in [0.15, 0.2) is 30.6 Å². The fourth-order valence-electron chi connectivity index (χ4n) is 5.25. The van der Waals surface area contributed by atoms with Crippen molar-refractivity contribution in [2.24, 2.45) is 0 Å². The van der Waals surface area contributed by atoms with Gasteiger partial charge >= 0.3 is 18.3 Å². The lowest BCUT2D eigenvalue weighted by Gasteiger charge is -2.35. The van der Waals surface area contributed by atoms with Gasteiger partial charge in [0, 0.05) is 6.42 Å². The molecular formula is C26H26ClF4N5O8. The average molecular weight is 648 g/mol. The first-order valence-electron chi connectivity index (χ1n) is 13.2. The van der Waals surface area contributed by atoms with Crippen LogP contribution < -0.4 is 10.5 Å². The lowest BCUT2D eigenvalue weighted by atomic mass is 9.93. The molecule has 18 heteroatoms. The van der Waals surface area contributed by atoms with Gasteiger partial charge in [-0.15, -0.1) is 13.2 Å². The summed E-state index contributed by atoms with van der Waals surface area (Å²) < 4.78 is 81.2. The molecule has 1 aromatic carbocycles. The van der Waals surface area contributed by atoms with Crippen molar-refractivity contribution in [3.8, 4) is 5.75 Å². The summed E-state index contributed by atoms with van der Waals surface area (Å²) in [7, 11) is 0. The van der Waals surface area contributed by atoms with Crippen LogP contribution in [0.4, 0.5) is 23.4 Å². The number of imidazole rings is 1. The number of hydrogen-bond donors (Lipinski definition) is 2. The van der Waals surface area contributed by atoms with Crippen LogP contribution in [0, 0.1) is 0 Å².